The van der Waals surface area contributed by atoms with Crippen molar-refractivity contribution in [3.8, 4) is 5.75 Å². The first kappa shape index (κ1) is 18.2. The van der Waals surface area contributed by atoms with E-state index >= 15 is 0 Å². The summed E-state index contributed by atoms with van der Waals surface area (Å²) in [6.45, 7) is 5.34. The summed E-state index contributed by atoms with van der Waals surface area (Å²) in [6, 6.07) is 7.72. The summed E-state index contributed by atoms with van der Waals surface area (Å²) < 4.78 is 5.14. The fraction of sp³-hybridized carbons (Fsp3) is 0.444. The summed E-state index contributed by atoms with van der Waals surface area (Å²) in [7, 11) is 1.64. The molecule has 7 heteroatoms. The Morgan fingerprint density at radius 2 is 2.20 bits per heavy atom. The van der Waals surface area contributed by atoms with E-state index in [1.807, 2.05) is 24.3 Å². The molecule has 0 bridgehead atoms. The zero-order valence-corrected chi connectivity index (χ0v) is 16.2. The second kappa shape index (κ2) is 8.69. The Morgan fingerprint density at radius 1 is 1.40 bits per heavy atom. The van der Waals surface area contributed by atoms with Crippen LogP contribution in [0.5, 0.6) is 5.75 Å². The lowest BCUT2D eigenvalue weighted by Crippen LogP contribution is -2.30. The third kappa shape index (κ3) is 4.96. The molecule has 2 heterocycles. The number of rotatable bonds is 7. The molecule has 5 nitrogen and oxygen atoms in total. The normalized spacial score (nSPS) is 14.2. The van der Waals surface area contributed by atoms with Gasteiger partial charge in [0.2, 0.25) is 5.91 Å². The van der Waals surface area contributed by atoms with E-state index in [0.29, 0.717) is 5.75 Å². The minimum Gasteiger partial charge on any atom is -0.497 e. The Morgan fingerprint density at radius 3 is 2.92 bits per heavy atom. The molecule has 0 radical (unpaired) electrons. The lowest BCUT2D eigenvalue weighted by Gasteiger charge is -2.24. The molecule has 1 amide bonds. The number of benzene rings is 1. The van der Waals surface area contributed by atoms with Crippen LogP contribution in [0, 0.1) is 0 Å². The van der Waals surface area contributed by atoms with Crippen LogP contribution in [0.1, 0.15) is 23.9 Å². The van der Waals surface area contributed by atoms with Crippen molar-refractivity contribution in [2.45, 2.75) is 31.2 Å². The number of aromatic nitrogens is 1. The van der Waals surface area contributed by atoms with Crippen LogP contribution in [0.15, 0.2) is 29.2 Å². The standard InChI is InChI=1S/C18H23N3O2S2/c1-3-9-21-10-8-15-16(11-21)25-18(19-15)20-17(22)12-24-14-6-4-13(23-2)5-7-14/h4-7H,3,8-12H2,1-2H3,(H,19,20,22). The number of nitrogens with zero attached hydrogens (tertiary/aromatic N) is 2. The molecular weight excluding hydrogens is 354 g/mol. The first-order chi connectivity index (χ1) is 12.2. The molecule has 25 heavy (non-hydrogen) atoms. The molecule has 3 rings (SSSR count). The number of thioether (sulfide) groups is 1. The second-order valence-corrected chi connectivity index (χ2v) is 8.06. The SMILES string of the molecule is CCCN1CCc2nc(NC(=O)CSc3ccc(OC)cc3)sc2C1. The number of fused-ring (bicyclic) bond motifs is 1. The number of carbonyl (C=O) groups is 1. The molecule has 0 spiro atoms. The van der Waals surface area contributed by atoms with E-state index < -0.39 is 0 Å². The summed E-state index contributed by atoms with van der Waals surface area (Å²) in [5.41, 5.74) is 1.15. The van der Waals surface area contributed by atoms with E-state index in [-0.39, 0.29) is 5.91 Å². The van der Waals surface area contributed by atoms with Gasteiger partial charge >= 0.3 is 0 Å². The predicted molar refractivity (Wildman–Crippen MR) is 104 cm³/mol. The van der Waals surface area contributed by atoms with Crippen molar-refractivity contribution >= 4 is 34.1 Å². The molecule has 1 N–H and O–H groups in total. The third-order valence-electron chi connectivity index (χ3n) is 4.03. The quantitative estimate of drug-likeness (QED) is 0.747. The maximum atomic E-state index is 12.2. The molecule has 0 saturated carbocycles. The summed E-state index contributed by atoms with van der Waals surface area (Å²) in [5.74, 6) is 1.18. The summed E-state index contributed by atoms with van der Waals surface area (Å²) in [6.07, 6.45) is 2.14. The van der Waals surface area contributed by atoms with Crippen molar-refractivity contribution < 1.29 is 9.53 Å². The molecule has 1 aromatic carbocycles. The maximum Gasteiger partial charge on any atom is 0.236 e. The number of ether oxygens (including phenoxy) is 1. The molecule has 2 aromatic rings. The van der Waals surface area contributed by atoms with Crippen molar-refractivity contribution in [2.75, 3.05) is 31.3 Å². The van der Waals surface area contributed by atoms with Gasteiger partial charge in [-0.1, -0.05) is 6.92 Å². The highest BCUT2D eigenvalue weighted by Gasteiger charge is 2.20. The van der Waals surface area contributed by atoms with Gasteiger partial charge < -0.3 is 10.1 Å². The lowest BCUT2D eigenvalue weighted by atomic mass is 10.2. The van der Waals surface area contributed by atoms with E-state index in [1.165, 1.54) is 23.1 Å². The van der Waals surface area contributed by atoms with Crippen molar-refractivity contribution in [3.63, 3.8) is 0 Å². The van der Waals surface area contributed by atoms with E-state index in [0.717, 1.165) is 47.5 Å². The Labute approximate surface area is 156 Å². The number of carbonyl (C=O) groups excluding carboxylic acids is 1. The van der Waals surface area contributed by atoms with Gasteiger partial charge in [0.15, 0.2) is 5.13 Å². The number of hydrogen-bond donors (Lipinski definition) is 1. The average molecular weight is 378 g/mol. The number of thiazole rings is 1. The van der Waals surface area contributed by atoms with Gasteiger partial charge in [0, 0.05) is 29.3 Å². The second-order valence-electron chi connectivity index (χ2n) is 5.93. The fourth-order valence-corrected chi connectivity index (χ4v) is 4.55. The lowest BCUT2D eigenvalue weighted by molar-refractivity contribution is -0.113. The van der Waals surface area contributed by atoms with E-state index in [1.54, 1.807) is 18.4 Å². The maximum absolute atomic E-state index is 12.2. The molecule has 0 unspecified atom stereocenters. The van der Waals surface area contributed by atoms with Crippen LogP contribution < -0.4 is 10.1 Å². The van der Waals surface area contributed by atoms with Crippen LogP contribution in [0.3, 0.4) is 0 Å². The first-order valence-electron chi connectivity index (χ1n) is 8.45. The van der Waals surface area contributed by atoms with Crippen LogP contribution in [0.25, 0.3) is 0 Å². The summed E-state index contributed by atoms with van der Waals surface area (Å²) >= 11 is 3.12. The summed E-state index contributed by atoms with van der Waals surface area (Å²) in [5, 5.41) is 3.67. The van der Waals surface area contributed by atoms with E-state index in [4.69, 9.17) is 4.74 Å². The van der Waals surface area contributed by atoms with Crippen LogP contribution in [-0.4, -0.2) is 41.7 Å². The summed E-state index contributed by atoms with van der Waals surface area (Å²) in [4.78, 5) is 21.6. The highest BCUT2D eigenvalue weighted by molar-refractivity contribution is 8.00. The molecule has 1 aliphatic rings. The minimum absolute atomic E-state index is 0.0164. The van der Waals surface area contributed by atoms with Gasteiger partial charge in [-0.2, -0.15) is 0 Å². The Bertz CT molecular complexity index is 716. The predicted octanol–water partition coefficient (Wildman–Crippen LogP) is 3.65. The first-order valence-corrected chi connectivity index (χ1v) is 10.3. The molecule has 1 aromatic heterocycles. The molecule has 0 atom stereocenters. The van der Waals surface area contributed by atoms with Gasteiger partial charge in [0.25, 0.3) is 0 Å². The van der Waals surface area contributed by atoms with Crippen LogP contribution in [0.4, 0.5) is 5.13 Å². The number of methoxy groups -OCH3 is 1. The molecule has 0 saturated heterocycles. The zero-order chi connectivity index (χ0) is 17.6. The van der Waals surface area contributed by atoms with Gasteiger partial charge in [0.1, 0.15) is 5.75 Å². The van der Waals surface area contributed by atoms with Crippen molar-refractivity contribution in [3.05, 3.63) is 34.8 Å². The van der Waals surface area contributed by atoms with Crippen molar-refractivity contribution in [2.24, 2.45) is 0 Å². The molecule has 0 fully saturated rings. The molecule has 1 aliphatic heterocycles. The van der Waals surface area contributed by atoms with E-state index in [2.05, 4.69) is 22.1 Å². The van der Waals surface area contributed by atoms with Gasteiger partial charge in [-0.05, 0) is 37.2 Å². The molecule has 134 valence electrons. The number of anilines is 1. The zero-order valence-electron chi connectivity index (χ0n) is 14.6. The van der Waals surface area contributed by atoms with Crippen molar-refractivity contribution in [1.82, 2.24) is 9.88 Å². The largest absolute Gasteiger partial charge is 0.497 e. The highest BCUT2D eigenvalue weighted by Crippen LogP contribution is 2.29. The Hall–Kier alpha value is -1.57. The molecular formula is C18H23N3O2S2. The van der Waals surface area contributed by atoms with Crippen LogP contribution in [0.2, 0.25) is 0 Å². The molecule has 0 aliphatic carbocycles. The van der Waals surface area contributed by atoms with Gasteiger partial charge in [-0.25, -0.2) is 4.98 Å². The monoisotopic (exact) mass is 377 g/mol. The Kier molecular flexibility index (Phi) is 6.34. The smallest absolute Gasteiger partial charge is 0.236 e. The average Bonchev–Trinajstić information content (AvgIpc) is 3.02. The van der Waals surface area contributed by atoms with Gasteiger partial charge in [0.05, 0.1) is 18.6 Å². The van der Waals surface area contributed by atoms with E-state index in [9.17, 15) is 4.79 Å². The fourth-order valence-electron chi connectivity index (χ4n) is 2.79. The highest BCUT2D eigenvalue weighted by atomic mass is 32.2. The third-order valence-corrected chi connectivity index (χ3v) is 6.04. The van der Waals surface area contributed by atoms with Crippen molar-refractivity contribution in [1.29, 1.82) is 0 Å². The number of nitrogens with one attached hydrogen (secondary N) is 1. The topological polar surface area (TPSA) is 54.5 Å². The van der Waals surface area contributed by atoms with Gasteiger partial charge in [-0.15, -0.1) is 23.1 Å². The number of amides is 1. The Balaban J connectivity index is 1.51. The minimum atomic E-state index is -0.0164. The number of hydrogen-bond acceptors (Lipinski definition) is 6. The van der Waals surface area contributed by atoms with Crippen LogP contribution >= 0.6 is 23.1 Å². The van der Waals surface area contributed by atoms with Crippen LogP contribution in [-0.2, 0) is 17.8 Å². The van der Waals surface area contributed by atoms with Gasteiger partial charge in [-0.3, -0.25) is 9.69 Å².